The molecular formula is C19H22ClN3. The minimum absolute atomic E-state index is 0.710. The second-order valence-electron chi connectivity index (χ2n) is 5.90. The lowest BCUT2D eigenvalue weighted by molar-refractivity contribution is 0.683. The van der Waals surface area contributed by atoms with E-state index in [4.69, 9.17) is 11.6 Å². The van der Waals surface area contributed by atoms with Crippen molar-refractivity contribution in [2.75, 3.05) is 5.32 Å². The van der Waals surface area contributed by atoms with Crippen molar-refractivity contribution in [2.24, 2.45) is 0 Å². The molecule has 0 bridgehead atoms. The minimum atomic E-state index is 0.710. The summed E-state index contributed by atoms with van der Waals surface area (Å²) in [5.74, 6) is 0.937. The van der Waals surface area contributed by atoms with E-state index in [1.54, 1.807) is 0 Å². The van der Waals surface area contributed by atoms with E-state index in [9.17, 15) is 0 Å². The van der Waals surface area contributed by atoms with Crippen LogP contribution in [0, 0.1) is 13.8 Å². The van der Waals surface area contributed by atoms with Crippen molar-refractivity contribution in [3.05, 3.63) is 58.4 Å². The van der Waals surface area contributed by atoms with Gasteiger partial charge in [0.2, 0.25) is 0 Å². The molecule has 4 heteroatoms. The summed E-state index contributed by atoms with van der Waals surface area (Å²) >= 11 is 6.06. The predicted molar refractivity (Wildman–Crippen MR) is 98.3 cm³/mol. The molecule has 2 aromatic heterocycles. The second-order valence-corrected chi connectivity index (χ2v) is 6.34. The number of benzene rings is 1. The third-order valence-corrected chi connectivity index (χ3v) is 4.58. The van der Waals surface area contributed by atoms with Crippen molar-refractivity contribution in [1.82, 2.24) is 9.55 Å². The highest BCUT2D eigenvalue weighted by Gasteiger charge is 2.14. The van der Waals surface area contributed by atoms with Gasteiger partial charge in [0, 0.05) is 35.4 Å². The molecule has 0 aliphatic carbocycles. The summed E-state index contributed by atoms with van der Waals surface area (Å²) in [5, 5.41) is 5.52. The molecule has 3 rings (SSSR count). The lowest BCUT2D eigenvalue weighted by Crippen LogP contribution is -2.06. The number of pyridine rings is 1. The number of anilines is 1. The van der Waals surface area contributed by atoms with E-state index in [0.717, 1.165) is 29.4 Å². The number of hydrogen-bond acceptors (Lipinski definition) is 2. The van der Waals surface area contributed by atoms with Crippen molar-refractivity contribution in [3.63, 3.8) is 0 Å². The van der Waals surface area contributed by atoms with Crippen LogP contribution in [0.25, 0.3) is 10.9 Å². The number of nitrogens with one attached hydrogen (secondary N) is 1. The van der Waals surface area contributed by atoms with Gasteiger partial charge in [-0.05, 0) is 49.6 Å². The largest absolute Gasteiger partial charge is 0.364 e. The molecule has 1 N–H and O–H groups in total. The molecule has 3 aromatic rings. The Balaban J connectivity index is 1.99. The highest BCUT2D eigenvalue weighted by Crippen LogP contribution is 2.30. The van der Waals surface area contributed by atoms with E-state index in [1.807, 2.05) is 24.4 Å². The molecule has 0 aliphatic heterocycles. The van der Waals surface area contributed by atoms with Crippen LogP contribution in [0.2, 0.25) is 5.02 Å². The summed E-state index contributed by atoms with van der Waals surface area (Å²) in [4.78, 5) is 4.58. The van der Waals surface area contributed by atoms with Gasteiger partial charge >= 0.3 is 0 Å². The van der Waals surface area contributed by atoms with E-state index in [0.29, 0.717) is 6.54 Å². The molecule has 23 heavy (non-hydrogen) atoms. The fraction of sp³-hybridized carbons (Fsp3) is 0.316. The highest BCUT2D eigenvalue weighted by atomic mass is 35.5. The molecule has 0 saturated carbocycles. The maximum atomic E-state index is 6.06. The normalized spacial score (nSPS) is 11.1. The van der Waals surface area contributed by atoms with Crippen LogP contribution in [0.15, 0.2) is 36.5 Å². The summed E-state index contributed by atoms with van der Waals surface area (Å²) in [6.45, 7) is 8.29. The van der Waals surface area contributed by atoms with E-state index >= 15 is 0 Å². The molecule has 0 saturated heterocycles. The van der Waals surface area contributed by atoms with Gasteiger partial charge in [-0.3, -0.25) is 0 Å². The number of hydrogen-bond donors (Lipinski definition) is 1. The van der Waals surface area contributed by atoms with Crippen LogP contribution in [-0.2, 0) is 13.1 Å². The minimum Gasteiger partial charge on any atom is -0.364 e. The molecule has 1 aromatic carbocycles. The fourth-order valence-corrected chi connectivity index (χ4v) is 3.27. The van der Waals surface area contributed by atoms with Crippen LogP contribution in [-0.4, -0.2) is 9.55 Å². The van der Waals surface area contributed by atoms with Crippen LogP contribution in [0.3, 0.4) is 0 Å². The SMILES string of the molecule is CCCn1c(C)c(C)c2ccnc(NCc3cccc(Cl)c3)c21. The molecule has 0 fully saturated rings. The first kappa shape index (κ1) is 15.9. The molecule has 0 aliphatic rings. The zero-order valence-corrected chi connectivity index (χ0v) is 14.6. The standard InChI is InChI=1S/C19H22ClN3/c1-4-10-23-14(3)13(2)17-8-9-21-19(18(17)23)22-12-15-6-5-7-16(20)11-15/h5-9,11H,4,10,12H2,1-3H3,(H,21,22). The number of aryl methyl sites for hydroxylation is 2. The smallest absolute Gasteiger partial charge is 0.150 e. The van der Waals surface area contributed by atoms with Gasteiger partial charge in [0.1, 0.15) is 0 Å². The Morgan fingerprint density at radius 2 is 2.04 bits per heavy atom. The zero-order valence-electron chi connectivity index (χ0n) is 13.9. The lowest BCUT2D eigenvalue weighted by atomic mass is 10.2. The van der Waals surface area contributed by atoms with E-state index < -0.39 is 0 Å². The average molecular weight is 328 g/mol. The van der Waals surface area contributed by atoms with Crippen molar-refractivity contribution < 1.29 is 0 Å². The number of halogens is 1. The number of aromatic nitrogens is 2. The Hall–Kier alpha value is -2.00. The van der Waals surface area contributed by atoms with Crippen LogP contribution < -0.4 is 5.32 Å². The zero-order chi connectivity index (χ0) is 16.4. The fourth-order valence-electron chi connectivity index (χ4n) is 3.06. The summed E-state index contributed by atoms with van der Waals surface area (Å²) < 4.78 is 2.37. The summed E-state index contributed by atoms with van der Waals surface area (Å²) in [6, 6.07) is 10.0. The Bertz CT molecular complexity index is 836. The first-order valence-corrected chi connectivity index (χ1v) is 8.42. The highest BCUT2D eigenvalue weighted by molar-refractivity contribution is 6.30. The van der Waals surface area contributed by atoms with E-state index in [2.05, 4.69) is 47.8 Å². The maximum absolute atomic E-state index is 6.06. The van der Waals surface area contributed by atoms with Gasteiger partial charge in [-0.15, -0.1) is 0 Å². The van der Waals surface area contributed by atoms with Gasteiger partial charge in [0.25, 0.3) is 0 Å². The molecule has 2 heterocycles. The van der Waals surface area contributed by atoms with Crippen LogP contribution in [0.5, 0.6) is 0 Å². The van der Waals surface area contributed by atoms with Crippen LogP contribution in [0.4, 0.5) is 5.82 Å². The van der Waals surface area contributed by atoms with E-state index in [1.165, 1.54) is 22.2 Å². The predicted octanol–water partition coefficient (Wildman–Crippen LogP) is 5.33. The molecule has 0 spiro atoms. The summed E-state index contributed by atoms with van der Waals surface area (Å²) in [5.41, 5.74) is 5.01. The Labute approximate surface area is 142 Å². The van der Waals surface area contributed by atoms with E-state index in [-0.39, 0.29) is 0 Å². The monoisotopic (exact) mass is 327 g/mol. The van der Waals surface area contributed by atoms with Gasteiger partial charge in [-0.1, -0.05) is 30.7 Å². The first-order valence-electron chi connectivity index (χ1n) is 8.04. The summed E-state index contributed by atoms with van der Waals surface area (Å²) in [6.07, 6.45) is 2.98. The number of nitrogens with zero attached hydrogens (tertiary/aromatic N) is 2. The Morgan fingerprint density at radius 3 is 2.78 bits per heavy atom. The van der Waals surface area contributed by atoms with Crippen LogP contribution >= 0.6 is 11.6 Å². The molecule has 120 valence electrons. The Morgan fingerprint density at radius 1 is 1.22 bits per heavy atom. The molecular weight excluding hydrogens is 306 g/mol. The first-order chi connectivity index (χ1) is 11.1. The van der Waals surface area contributed by atoms with Gasteiger partial charge in [-0.25, -0.2) is 4.98 Å². The van der Waals surface area contributed by atoms with Gasteiger partial charge in [-0.2, -0.15) is 0 Å². The van der Waals surface area contributed by atoms with Crippen molar-refractivity contribution in [1.29, 1.82) is 0 Å². The summed E-state index contributed by atoms with van der Waals surface area (Å²) in [7, 11) is 0. The quantitative estimate of drug-likeness (QED) is 0.686. The molecule has 0 amide bonds. The Kier molecular flexibility index (Phi) is 4.58. The lowest BCUT2D eigenvalue weighted by Gasteiger charge is -2.12. The maximum Gasteiger partial charge on any atom is 0.150 e. The number of fused-ring (bicyclic) bond motifs is 1. The van der Waals surface area contributed by atoms with Gasteiger partial charge < -0.3 is 9.88 Å². The van der Waals surface area contributed by atoms with Gasteiger partial charge in [0.15, 0.2) is 5.82 Å². The topological polar surface area (TPSA) is 29.9 Å². The third-order valence-electron chi connectivity index (χ3n) is 4.34. The van der Waals surface area contributed by atoms with Gasteiger partial charge in [0.05, 0.1) is 5.52 Å². The molecule has 0 atom stereocenters. The molecule has 3 nitrogen and oxygen atoms in total. The number of rotatable bonds is 5. The van der Waals surface area contributed by atoms with Crippen molar-refractivity contribution >= 4 is 28.3 Å². The van der Waals surface area contributed by atoms with Crippen molar-refractivity contribution in [2.45, 2.75) is 40.3 Å². The van der Waals surface area contributed by atoms with Crippen molar-refractivity contribution in [3.8, 4) is 0 Å². The molecule has 0 radical (unpaired) electrons. The second kappa shape index (κ2) is 6.63. The third kappa shape index (κ3) is 3.06. The van der Waals surface area contributed by atoms with Crippen LogP contribution in [0.1, 0.15) is 30.2 Å². The molecule has 0 unspecified atom stereocenters. The average Bonchev–Trinajstić information content (AvgIpc) is 2.79.